The van der Waals surface area contributed by atoms with Crippen molar-refractivity contribution in [3.63, 3.8) is 0 Å². The fourth-order valence-corrected chi connectivity index (χ4v) is 8.51. The van der Waals surface area contributed by atoms with Crippen LogP contribution in [0.2, 0.25) is 0 Å². The topological polar surface area (TPSA) is 90.0 Å². The average Bonchev–Trinajstić information content (AvgIpc) is 3.17. The number of carbonyl (C=O) groups is 4. The van der Waals surface area contributed by atoms with E-state index in [0.717, 1.165) is 12.0 Å². The number of Topliss-reactive ketones (excluding diaryl/α,β-unsaturated/α-hetero) is 1. The standard InChI is InChI=1S/C31H40ClNO6/c1-9-33(10-2)27(38-20(6)35)28(37)39-31(19(5)34)14-12-22-21-15-25(32)24-16-26(36)17(3)18(4)30(24,8)23(21)11-13-29(22,31)7/h15-16,21-23,27H,3-4,9-14H2,1-2,5-8H3/t21-,22-,23-,27?,29-,30+,31-/m0/s1. The molecule has 0 heterocycles. The van der Waals surface area contributed by atoms with Crippen molar-refractivity contribution in [1.29, 1.82) is 0 Å². The second kappa shape index (κ2) is 10.2. The zero-order valence-corrected chi connectivity index (χ0v) is 24.7. The van der Waals surface area contributed by atoms with Gasteiger partial charge in [-0.1, -0.05) is 58.5 Å². The molecule has 2 fully saturated rings. The monoisotopic (exact) mass is 557 g/mol. The minimum atomic E-state index is -1.36. The lowest BCUT2D eigenvalue weighted by Gasteiger charge is -2.58. The van der Waals surface area contributed by atoms with Crippen LogP contribution in [0.4, 0.5) is 0 Å². The first kappa shape index (κ1) is 29.5. The molecular formula is C31H40ClNO6. The van der Waals surface area contributed by atoms with Crippen LogP contribution in [-0.4, -0.2) is 53.3 Å². The van der Waals surface area contributed by atoms with Crippen molar-refractivity contribution in [3.8, 4) is 0 Å². The lowest BCUT2D eigenvalue weighted by Crippen LogP contribution is -2.60. The third-order valence-electron chi connectivity index (χ3n) is 10.4. The highest BCUT2D eigenvalue weighted by Gasteiger charge is 2.68. The van der Waals surface area contributed by atoms with Gasteiger partial charge in [-0.15, -0.1) is 0 Å². The number of ketones is 2. The van der Waals surface area contributed by atoms with Gasteiger partial charge in [0.05, 0.1) is 0 Å². The first-order chi connectivity index (χ1) is 18.2. The number of likely N-dealkylation sites (N-methyl/N-ethyl adjacent to an activating group) is 1. The van der Waals surface area contributed by atoms with Crippen LogP contribution >= 0.6 is 11.6 Å². The quantitative estimate of drug-likeness (QED) is 0.238. The van der Waals surface area contributed by atoms with E-state index in [0.29, 0.717) is 48.5 Å². The molecule has 4 rings (SSSR count). The Kier molecular flexibility index (Phi) is 7.67. The highest BCUT2D eigenvalue weighted by Crippen LogP contribution is 2.69. The van der Waals surface area contributed by atoms with Crippen LogP contribution in [0.15, 0.2) is 47.1 Å². The van der Waals surface area contributed by atoms with Crippen LogP contribution in [0, 0.1) is 28.6 Å². The predicted molar refractivity (Wildman–Crippen MR) is 148 cm³/mol. The first-order valence-corrected chi connectivity index (χ1v) is 14.2. The summed E-state index contributed by atoms with van der Waals surface area (Å²) in [7, 11) is 0. The zero-order chi connectivity index (χ0) is 29.1. The molecule has 212 valence electrons. The number of rotatable bonds is 7. The van der Waals surface area contributed by atoms with Crippen LogP contribution in [0.1, 0.15) is 67.2 Å². The molecular weight excluding hydrogens is 518 g/mol. The highest BCUT2D eigenvalue weighted by molar-refractivity contribution is 6.33. The summed E-state index contributed by atoms with van der Waals surface area (Å²) >= 11 is 6.85. The minimum Gasteiger partial charge on any atom is -0.447 e. The van der Waals surface area contributed by atoms with E-state index in [1.165, 1.54) is 13.8 Å². The van der Waals surface area contributed by atoms with E-state index in [-0.39, 0.29) is 29.3 Å². The van der Waals surface area contributed by atoms with Gasteiger partial charge in [0.15, 0.2) is 17.2 Å². The summed E-state index contributed by atoms with van der Waals surface area (Å²) in [6.45, 7) is 19.8. The number of esters is 2. The van der Waals surface area contributed by atoms with E-state index in [4.69, 9.17) is 21.1 Å². The van der Waals surface area contributed by atoms with Gasteiger partial charge < -0.3 is 9.47 Å². The molecule has 7 atom stereocenters. The number of hydrogen-bond donors (Lipinski definition) is 0. The molecule has 0 aromatic rings. The number of nitrogens with zero attached hydrogens (tertiary/aromatic N) is 1. The van der Waals surface area contributed by atoms with Gasteiger partial charge in [-0.2, -0.15) is 0 Å². The normalized spacial score (nSPS) is 36.3. The summed E-state index contributed by atoms with van der Waals surface area (Å²) in [4.78, 5) is 53.2. The van der Waals surface area contributed by atoms with Crippen molar-refractivity contribution in [2.75, 3.05) is 13.1 Å². The minimum absolute atomic E-state index is 0.000558. The third-order valence-corrected chi connectivity index (χ3v) is 10.7. The summed E-state index contributed by atoms with van der Waals surface area (Å²) in [6.07, 6.45) is 4.80. The van der Waals surface area contributed by atoms with Gasteiger partial charge in [0, 0.05) is 28.4 Å². The van der Waals surface area contributed by atoms with Gasteiger partial charge in [-0.25, -0.2) is 4.79 Å². The molecule has 2 saturated carbocycles. The molecule has 8 heteroatoms. The van der Waals surface area contributed by atoms with Crippen molar-refractivity contribution in [3.05, 3.63) is 47.1 Å². The van der Waals surface area contributed by atoms with Crippen molar-refractivity contribution in [2.45, 2.75) is 79.1 Å². The van der Waals surface area contributed by atoms with Gasteiger partial charge in [0.1, 0.15) is 0 Å². The molecule has 0 radical (unpaired) electrons. The van der Waals surface area contributed by atoms with Crippen molar-refractivity contribution in [1.82, 2.24) is 4.90 Å². The lowest BCUT2D eigenvalue weighted by molar-refractivity contribution is -0.205. The fraction of sp³-hybridized carbons (Fsp3) is 0.613. The molecule has 39 heavy (non-hydrogen) atoms. The molecule has 0 aromatic carbocycles. The maximum absolute atomic E-state index is 13.6. The molecule has 0 spiro atoms. The summed E-state index contributed by atoms with van der Waals surface area (Å²) in [6, 6.07) is 0. The number of ether oxygens (including phenoxy) is 2. The Hall–Kier alpha value is -2.51. The Morgan fingerprint density at radius 1 is 1.10 bits per heavy atom. The number of hydrogen-bond acceptors (Lipinski definition) is 7. The first-order valence-electron chi connectivity index (χ1n) is 13.9. The van der Waals surface area contributed by atoms with Gasteiger partial charge in [0.2, 0.25) is 0 Å². The molecule has 1 unspecified atom stereocenters. The summed E-state index contributed by atoms with van der Waals surface area (Å²) in [5, 5.41) is 0.527. The Balaban J connectivity index is 1.74. The van der Waals surface area contributed by atoms with E-state index in [1.807, 2.05) is 26.8 Å². The predicted octanol–water partition coefficient (Wildman–Crippen LogP) is 5.30. The molecule has 4 aliphatic carbocycles. The molecule has 0 amide bonds. The Morgan fingerprint density at radius 2 is 1.72 bits per heavy atom. The van der Waals surface area contributed by atoms with E-state index in [2.05, 4.69) is 20.1 Å². The maximum atomic E-state index is 13.6. The van der Waals surface area contributed by atoms with Crippen molar-refractivity contribution >= 4 is 35.1 Å². The Labute approximate surface area is 236 Å². The summed E-state index contributed by atoms with van der Waals surface area (Å²) in [5.41, 5.74) is -0.683. The van der Waals surface area contributed by atoms with Crippen LogP contribution in [0.25, 0.3) is 0 Å². The molecule has 4 aliphatic rings. The number of allylic oxidation sites excluding steroid dienone is 6. The second-order valence-corrected chi connectivity index (χ2v) is 12.3. The molecule has 0 aliphatic heterocycles. The van der Waals surface area contributed by atoms with E-state index in [1.54, 1.807) is 11.0 Å². The van der Waals surface area contributed by atoms with Crippen molar-refractivity contribution < 1.29 is 28.7 Å². The van der Waals surface area contributed by atoms with E-state index >= 15 is 0 Å². The fourth-order valence-electron chi connectivity index (χ4n) is 8.12. The van der Waals surface area contributed by atoms with Crippen LogP contribution in [0.5, 0.6) is 0 Å². The zero-order valence-electron chi connectivity index (χ0n) is 23.9. The number of halogens is 1. The SMILES string of the molecule is C=C1C(=C)[C@@]2(C)C(=CC1=O)C(Cl)=C[C@@H]1[C@@H]2CC[C@@]2(C)[C@H]1CC[C@]2(OC(=O)C(OC(C)=O)N(CC)CC)C(C)=O. The van der Waals surface area contributed by atoms with Crippen LogP contribution in [0.3, 0.4) is 0 Å². The number of fused-ring (bicyclic) bond motifs is 5. The smallest absolute Gasteiger partial charge is 0.364 e. The third kappa shape index (κ3) is 4.19. The lowest BCUT2D eigenvalue weighted by atomic mass is 9.47. The van der Waals surface area contributed by atoms with Gasteiger partial charge in [0.25, 0.3) is 6.23 Å². The average molecular weight is 558 g/mol. The largest absolute Gasteiger partial charge is 0.447 e. The van der Waals surface area contributed by atoms with E-state index in [9.17, 15) is 19.2 Å². The van der Waals surface area contributed by atoms with Gasteiger partial charge >= 0.3 is 11.9 Å². The highest BCUT2D eigenvalue weighted by atomic mass is 35.5. The Morgan fingerprint density at radius 3 is 2.28 bits per heavy atom. The maximum Gasteiger partial charge on any atom is 0.364 e. The molecule has 0 bridgehead atoms. The van der Waals surface area contributed by atoms with Gasteiger partial charge in [-0.05, 0) is 80.7 Å². The molecule has 0 N–H and O–H groups in total. The number of carbonyl (C=O) groups excluding carboxylic acids is 4. The van der Waals surface area contributed by atoms with Gasteiger partial charge in [-0.3, -0.25) is 19.3 Å². The van der Waals surface area contributed by atoms with Crippen molar-refractivity contribution in [2.24, 2.45) is 28.6 Å². The summed E-state index contributed by atoms with van der Waals surface area (Å²) in [5.74, 6) is -1.61. The molecule has 7 nitrogen and oxygen atoms in total. The van der Waals surface area contributed by atoms with Crippen LogP contribution < -0.4 is 0 Å². The van der Waals surface area contributed by atoms with E-state index < -0.39 is 34.6 Å². The summed E-state index contributed by atoms with van der Waals surface area (Å²) < 4.78 is 11.6. The Bertz CT molecular complexity index is 1210. The molecule has 0 aromatic heterocycles. The van der Waals surface area contributed by atoms with Crippen LogP contribution in [-0.2, 0) is 28.7 Å². The second-order valence-electron chi connectivity index (χ2n) is 11.9. The molecule has 0 saturated heterocycles.